The molecule has 2 aromatic rings. The summed E-state index contributed by atoms with van der Waals surface area (Å²) in [4.78, 5) is 2.24. The summed E-state index contributed by atoms with van der Waals surface area (Å²) in [6.45, 7) is 13.6. The lowest BCUT2D eigenvalue weighted by Crippen LogP contribution is -2.40. The van der Waals surface area contributed by atoms with Gasteiger partial charge in [-0.05, 0) is 47.3 Å². The Hall–Kier alpha value is -1.73. The van der Waals surface area contributed by atoms with E-state index < -0.39 is 10.0 Å². The summed E-state index contributed by atoms with van der Waals surface area (Å²) >= 11 is 0. The summed E-state index contributed by atoms with van der Waals surface area (Å²) in [7, 11) is -3.56. The van der Waals surface area contributed by atoms with Gasteiger partial charge in [0, 0.05) is 13.1 Å². The fourth-order valence-electron chi connectivity index (χ4n) is 4.04. The van der Waals surface area contributed by atoms with Crippen LogP contribution < -0.4 is 0 Å². The van der Waals surface area contributed by atoms with Crippen molar-refractivity contribution in [3.63, 3.8) is 0 Å². The van der Waals surface area contributed by atoms with Crippen LogP contribution >= 0.6 is 0 Å². The highest BCUT2D eigenvalue weighted by molar-refractivity contribution is 7.89. The lowest BCUT2D eigenvalue weighted by molar-refractivity contribution is 0.244. The van der Waals surface area contributed by atoms with Crippen molar-refractivity contribution in [1.82, 2.24) is 19.3 Å². The zero-order valence-electron chi connectivity index (χ0n) is 18.5. The van der Waals surface area contributed by atoms with Crippen molar-refractivity contribution in [3.8, 4) is 0 Å². The second-order valence-corrected chi connectivity index (χ2v) is 10.9. The highest BCUT2D eigenvalue weighted by atomic mass is 32.2. The van der Waals surface area contributed by atoms with Gasteiger partial charge < -0.3 is 0 Å². The third-order valence-corrected chi connectivity index (χ3v) is 7.90. The first kappa shape index (κ1) is 22.0. The van der Waals surface area contributed by atoms with Crippen LogP contribution in [0.15, 0.2) is 29.4 Å². The van der Waals surface area contributed by atoms with Crippen LogP contribution in [0, 0.1) is 0 Å². The normalized spacial score (nSPS) is 17.0. The van der Waals surface area contributed by atoms with Crippen molar-refractivity contribution < 1.29 is 8.42 Å². The van der Waals surface area contributed by atoms with E-state index in [2.05, 4.69) is 63.9 Å². The smallest absolute Gasteiger partial charge is 0.207 e. The molecule has 0 saturated carbocycles. The van der Waals surface area contributed by atoms with E-state index in [4.69, 9.17) is 0 Å². The highest BCUT2D eigenvalue weighted by Crippen LogP contribution is 2.37. The SMILES string of the molecule is CC(C)c1cc(C(C)C)c(S(=O)(=O)N2CCC(n3nccn3)CC2)c(C(C)C)c1. The molecule has 6 nitrogen and oxygen atoms in total. The molecule has 1 aromatic heterocycles. The lowest BCUT2D eigenvalue weighted by atomic mass is 9.89. The zero-order chi connectivity index (χ0) is 21.3. The summed E-state index contributed by atoms with van der Waals surface area (Å²) < 4.78 is 29.3. The number of rotatable bonds is 6. The summed E-state index contributed by atoms with van der Waals surface area (Å²) in [5, 5.41) is 8.45. The summed E-state index contributed by atoms with van der Waals surface area (Å²) in [6.07, 6.45) is 4.80. The van der Waals surface area contributed by atoms with Gasteiger partial charge in [0.2, 0.25) is 10.0 Å². The Morgan fingerprint density at radius 1 is 0.862 bits per heavy atom. The first-order valence-electron chi connectivity index (χ1n) is 10.7. The van der Waals surface area contributed by atoms with Gasteiger partial charge in [0.15, 0.2) is 0 Å². The molecular weight excluding hydrogens is 384 g/mol. The largest absolute Gasteiger partial charge is 0.243 e. The van der Waals surface area contributed by atoms with Crippen molar-refractivity contribution in [2.75, 3.05) is 13.1 Å². The van der Waals surface area contributed by atoms with E-state index in [9.17, 15) is 8.42 Å². The maximum absolute atomic E-state index is 13.8. The molecule has 1 aromatic carbocycles. The Morgan fingerprint density at radius 2 is 1.34 bits per heavy atom. The van der Waals surface area contributed by atoms with Crippen LogP contribution in [0.1, 0.15) is 94.9 Å². The predicted molar refractivity (Wildman–Crippen MR) is 116 cm³/mol. The molecule has 0 radical (unpaired) electrons. The van der Waals surface area contributed by atoms with Gasteiger partial charge in [-0.1, -0.05) is 53.7 Å². The van der Waals surface area contributed by atoms with Gasteiger partial charge in [0.25, 0.3) is 0 Å². The van der Waals surface area contributed by atoms with Crippen LogP contribution in [-0.4, -0.2) is 40.8 Å². The first-order valence-corrected chi connectivity index (χ1v) is 12.1. The maximum atomic E-state index is 13.8. The maximum Gasteiger partial charge on any atom is 0.243 e. The Morgan fingerprint density at radius 3 is 1.76 bits per heavy atom. The first-order chi connectivity index (χ1) is 13.6. The molecule has 160 valence electrons. The zero-order valence-corrected chi connectivity index (χ0v) is 19.3. The number of nitrogens with zero attached hydrogens (tertiary/aromatic N) is 4. The minimum atomic E-state index is -3.56. The van der Waals surface area contributed by atoms with Crippen molar-refractivity contribution >= 4 is 10.0 Å². The Kier molecular flexibility index (Phi) is 6.48. The van der Waals surface area contributed by atoms with Crippen molar-refractivity contribution in [2.45, 2.75) is 83.1 Å². The Labute approximate surface area is 175 Å². The van der Waals surface area contributed by atoms with Gasteiger partial charge in [0.1, 0.15) is 0 Å². The van der Waals surface area contributed by atoms with E-state index >= 15 is 0 Å². The molecule has 1 saturated heterocycles. The average Bonchev–Trinajstić information content (AvgIpc) is 3.21. The van der Waals surface area contributed by atoms with Crippen molar-refractivity contribution in [1.29, 1.82) is 0 Å². The number of hydrogen-bond acceptors (Lipinski definition) is 4. The van der Waals surface area contributed by atoms with E-state index in [-0.39, 0.29) is 17.9 Å². The van der Waals surface area contributed by atoms with Gasteiger partial charge in [-0.2, -0.15) is 19.3 Å². The van der Waals surface area contributed by atoms with Crippen LogP contribution in [0.4, 0.5) is 0 Å². The molecule has 3 rings (SSSR count). The number of sulfonamides is 1. The highest BCUT2D eigenvalue weighted by Gasteiger charge is 2.35. The minimum Gasteiger partial charge on any atom is -0.207 e. The molecule has 1 fully saturated rings. The second-order valence-electron chi connectivity index (χ2n) is 8.98. The van der Waals surface area contributed by atoms with Crippen LogP contribution in [0.2, 0.25) is 0 Å². The van der Waals surface area contributed by atoms with Gasteiger partial charge in [0.05, 0.1) is 23.3 Å². The molecule has 1 aliphatic rings. The molecule has 0 spiro atoms. The number of hydrogen-bond donors (Lipinski definition) is 0. The average molecular weight is 419 g/mol. The lowest BCUT2D eigenvalue weighted by Gasteiger charge is -2.33. The molecule has 2 heterocycles. The van der Waals surface area contributed by atoms with Crippen molar-refractivity contribution in [2.24, 2.45) is 0 Å². The third-order valence-electron chi connectivity index (χ3n) is 5.86. The fraction of sp³-hybridized carbons (Fsp3) is 0.636. The summed E-state index contributed by atoms with van der Waals surface area (Å²) in [6, 6.07) is 4.37. The van der Waals surface area contributed by atoms with E-state index in [0.29, 0.717) is 23.9 Å². The number of benzene rings is 1. The molecule has 0 unspecified atom stereocenters. The second kappa shape index (κ2) is 8.56. The minimum absolute atomic E-state index is 0.141. The predicted octanol–water partition coefficient (Wildman–Crippen LogP) is 4.67. The molecule has 0 aliphatic carbocycles. The Bertz CT molecular complexity index is 897. The standard InChI is InChI=1S/C22H34N4O2S/c1-15(2)18-13-20(16(3)4)22(21(14-18)17(5)6)29(27,28)25-11-7-19(8-12-25)26-23-9-10-24-26/h9-10,13-17,19H,7-8,11-12H2,1-6H3. The quantitative estimate of drug-likeness (QED) is 0.683. The molecule has 0 bridgehead atoms. The van der Waals surface area contributed by atoms with Crippen LogP contribution in [-0.2, 0) is 10.0 Å². The fourth-order valence-corrected chi connectivity index (χ4v) is 6.18. The van der Waals surface area contributed by atoms with Gasteiger partial charge in [-0.15, -0.1) is 0 Å². The van der Waals surface area contributed by atoms with E-state index in [0.717, 1.165) is 24.0 Å². The van der Waals surface area contributed by atoms with Crippen LogP contribution in [0.25, 0.3) is 0 Å². The van der Waals surface area contributed by atoms with Gasteiger partial charge in [-0.25, -0.2) is 8.42 Å². The topological polar surface area (TPSA) is 68.1 Å². The van der Waals surface area contributed by atoms with E-state index in [1.807, 2.05) is 0 Å². The molecule has 7 heteroatoms. The molecule has 1 aliphatic heterocycles. The Balaban J connectivity index is 1.99. The number of aromatic nitrogens is 3. The van der Waals surface area contributed by atoms with E-state index in [1.54, 1.807) is 21.5 Å². The monoisotopic (exact) mass is 418 g/mol. The number of piperidine rings is 1. The summed E-state index contributed by atoms with van der Waals surface area (Å²) in [5.74, 6) is 0.641. The van der Waals surface area contributed by atoms with Gasteiger partial charge in [-0.3, -0.25) is 0 Å². The van der Waals surface area contributed by atoms with Gasteiger partial charge >= 0.3 is 0 Å². The van der Waals surface area contributed by atoms with E-state index in [1.165, 1.54) is 5.56 Å². The van der Waals surface area contributed by atoms with Crippen LogP contribution in [0.3, 0.4) is 0 Å². The molecule has 0 atom stereocenters. The van der Waals surface area contributed by atoms with Crippen LogP contribution in [0.5, 0.6) is 0 Å². The molecule has 0 N–H and O–H groups in total. The molecule has 29 heavy (non-hydrogen) atoms. The summed E-state index contributed by atoms with van der Waals surface area (Å²) in [5.41, 5.74) is 3.09. The third kappa shape index (κ3) is 4.40. The van der Waals surface area contributed by atoms with Crippen molar-refractivity contribution in [3.05, 3.63) is 41.2 Å². The molecule has 0 amide bonds. The molecular formula is C22H34N4O2S.